The van der Waals surface area contributed by atoms with Gasteiger partial charge in [0, 0.05) is 27.7 Å². The van der Waals surface area contributed by atoms with Gasteiger partial charge in [-0.3, -0.25) is 9.10 Å². The number of hydrogen-bond donors (Lipinski definition) is 1. The second-order valence-corrected chi connectivity index (χ2v) is 10.1. The topological polar surface area (TPSA) is 84.9 Å². The molecule has 0 bridgehead atoms. The summed E-state index contributed by atoms with van der Waals surface area (Å²) >= 11 is 12.4. The lowest BCUT2D eigenvalue weighted by Gasteiger charge is -2.23. The Kier molecular flexibility index (Phi) is 6.69. The molecule has 0 fully saturated rings. The van der Waals surface area contributed by atoms with Gasteiger partial charge in [0.2, 0.25) is 16.8 Å². The number of benzene rings is 3. The summed E-state index contributed by atoms with van der Waals surface area (Å²) in [6.07, 6.45) is 1.10. The van der Waals surface area contributed by atoms with Gasteiger partial charge in [-0.15, -0.1) is 0 Å². The summed E-state index contributed by atoms with van der Waals surface area (Å²) in [6.45, 7) is 0.454. The molecule has 4 rings (SSSR count). The Morgan fingerprint density at radius 2 is 1.67 bits per heavy atom. The first-order valence-corrected chi connectivity index (χ1v) is 12.5. The largest absolute Gasteiger partial charge is 0.454 e. The van der Waals surface area contributed by atoms with E-state index in [4.69, 9.17) is 32.7 Å². The first-order chi connectivity index (χ1) is 15.7. The molecular formula is C23H20Cl2N2O5S. The van der Waals surface area contributed by atoms with Crippen LogP contribution in [0.4, 0.5) is 5.69 Å². The number of nitrogens with zero attached hydrogens (tertiary/aromatic N) is 1. The summed E-state index contributed by atoms with van der Waals surface area (Å²) in [7, 11) is -3.64. The lowest BCUT2D eigenvalue weighted by atomic mass is 10.1. The molecule has 7 nitrogen and oxygen atoms in total. The zero-order valence-electron chi connectivity index (χ0n) is 17.5. The fourth-order valence-corrected chi connectivity index (χ4v) is 4.73. The number of fused-ring (bicyclic) bond motifs is 1. The summed E-state index contributed by atoms with van der Waals surface area (Å²) in [5.41, 5.74) is 2.14. The van der Waals surface area contributed by atoms with E-state index in [1.807, 2.05) is 12.1 Å². The monoisotopic (exact) mass is 506 g/mol. The van der Waals surface area contributed by atoms with E-state index in [0.717, 1.165) is 11.8 Å². The molecule has 0 aliphatic carbocycles. The number of carbonyl (C=O) groups excluding carboxylic acids is 1. The van der Waals surface area contributed by atoms with Crippen molar-refractivity contribution in [2.45, 2.75) is 13.1 Å². The minimum absolute atomic E-state index is 0.0347. The highest BCUT2D eigenvalue weighted by Crippen LogP contribution is 2.32. The van der Waals surface area contributed by atoms with Crippen LogP contribution >= 0.6 is 23.2 Å². The van der Waals surface area contributed by atoms with E-state index < -0.39 is 10.0 Å². The molecule has 0 unspecified atom stereocenters. The number of amides is 1. The van der Waals surface area contributed by atoms with Crippen LogP contribution in [-0.2, 0) is 23.1 Å². The van der Waals surface area contributed by atoms with Crippen molar-refractivity contribution in [1.29, 1.82) is 0 Å². The molecule has 1 amide bonds. The second-order valence-electron chi connectivity index (χ2n) is 7.39. The van der Waals surface area contributed by atoms with Crippen molar-refractivity contribution in [3.8, 4) is 11.5 Å². The first-order valence-electron chi connectivity index (χ1n) is 9.90. The molecule has 3 aromatic rings. The van der Waals surface area contributed by atoms with Gasteiger partial charge in [-0.25, -0.2) is 8.42 Å². The number of anilines is 1. The molecule has 172 valence electrons. The lowest BCUT2D eigenvalue weighted by Crippen LogP contribution is -2.29. The van der Waals surface area contributed by atoms with Gasteiger partial charge in [0.15, 0.2) is 11.5 Å². The maximum absolute atomic E-state index is 12.6. The van der Waals surface area contributed by atoms with Gasteiger partial charge in [0.05, 0.1) is 18.5 Å². The van der Waals surface area contributed by atoms with Crippen molar-refractivity contribution >= 4 is 44.8 Å². The van der Waals surface area contributed by atoms with Crippen LogP contribution in [0.1, 0.15) is 21.5 Å². The number of ether oxygens (including phenoxy) is 2. The molecule has 0 radical (unpaired) electrons. The van der Waals surface area contributed by atoms with E-state index in [1.54, 1.807) is 48.5 Å². The van der Waals surface area contributed by atoms with Gasteiger partial charge < -0.3 is 14.8 Å². The van der Waals surface area contributed by atoms with Crippen LogP contribution in [0.5, 0.6) is 11.5 Å². The van der Waals surface area contributed by atoms with Crippen molar-refractivity contribution in [2.24, 2.45) is 0 Å². The normalized spacial score (nSPS) is 12.5. The van der Waals surface area contributed by atoms with Gasteiger partial charge in [-0.05, 0) is 54.1 Å². The van der Waals surface area contributed by atoms with Crippen molar-refractivity contribution < 1.29 is 22.7 Å². The number of carbonyl (C=O) groups is 1. The highest BCUT2D eigenvalue weighted by atomic mass is 35.5. The molecule has 0 saturated heterocycles. The average molecular weight is 507 g/mol. The Morgan fingerprint density at radius 1 is 1.00 bits per heavy atom. The van der Waals surface area contributed by atoms with Gasteiger partial charge in [-0.2, -0.15) is 0 Å². The number of halogens is 2. The summed E-state index contributed by atoms with van der Waals surface area (Å²) in [4.78, 5) is 12.6. The lowest BCUT2D eigenvalue weighted by molar-refractivity contribution is 0.0951. The molecular weight excluding hydrogens is 487 g/mol. The molecule has 1 heterocycles. The van der Waals surface area contributed by atoms with Gasteiger partial charge >= 0.3 is 0 Å². The fraction of sp³-hybridized carbons (Fsp3) is 0.174. The predicted octanol–water partition coefficient (Wildman–Crippen LogP) is 4.62. The van der Waals surface area contributed by atoms with E-state index in [2.05, 4.69) is 5.32 Å². The van der Waals surface area contributed by atoms with Crippen LogP contribution in [0, 0.1) is 0 Å². The van der Waals surface area contributed by atoms with Crippen LogP contribution < -0.4 is 19.1 Å². The van der Waals surface area contributed by atoms with Crippen LogP contribution in [0.3, 0.4) is 0 Å². The third kappa shape index (κ3) is 5.35. The summed E-state index contributed by atoms with van der Waals surface area (Å²) in [6, 6.07) is 16.7. The molecule has 3 aromatic carbocycles. The highest BCUT2D eigenvalue weighted by Gasteiger charge is 2.21. The third-order valence-corrected chi connectivity index (χ3v) is 6.92. The number of sulfonamides is 1. The highest BCUT2D eigenvalue weighted by molar-refractivity contribution is 7.92. The van der Waals surface area contributed by atoms with Gasteiger partial charge in [-0.1, -0.05) is 35.3 Å². The number of nitrogens with one attached hydrogen (secondary N) is 1. The number of rotatable bonds is 7. The van der Waals surface area contributed by atoms with Gasteiger partial charge in [0.25, 0.3) is 5.91 Å². The zero-order chi connectivity index (χ0) is 23.6. The van der Waals surface area contributed by atoms with Crippen molar-refractivity contribution in [3.63, 3.8) is 0 Å². The Labute approximate surface area is 201 Å². The molecule has 1 aliphatic rings. The quantitative estimate of drug-likeness (QED) is 0.505. The molecule has 33 heavy (non-hydrogen) atoms. The SMILES string of the molecule is CS(=O)(=O)N(Cc1c(Cl)cccc1Cl)c1ccc(C(=O)NCc2ccc3c(c2)OCO3)cc1. The zero-order valence-corrected chi connectivity index (χ0v) is 19.9. The van der Waals surface area contributed by atoms with Crippen LogP contribution in [0.15, 0.2) is 60.7 Å². The van der Waals surface area contributed by atoms with E-state index in [-0.39, 0.29) is 19.2 Å². The van der Waals surface area contributed by atoms with E-state index in [9.17, 15) is 13.2 Å². The van der Waals surface area contributed by atoms with Gasteiger partial charge in [0.1, 0.15) is 0 Å². The Morgan fingerprint density at radius 3 is 2.33 bits per heavy atom. The van der Waals surface area contributed by atoms with Crippen LogP contribution in [0.2, 0.25) is 10.0 Å². The minimum atomic E-state index is -3.64. The molecule has 0 aromatic heterocycles. The molecule has 0 atom stereocenters. The molecule has 10 heteroatoms. The van der Waals surface area contributed by atoms with Crippen molar-refractivity contribution in [3.05, 3.63) is 87.4 Å². The Balaban J connectivity index is 1.47. The van der Waals surface area contributed by atoms with Crippen LogP contribution in [0.25, 0.3) is 0 Å². The second kappa shape index (κ2) is 9.51. The Bertz CT molecular complexity index is 1280. The minimum Gasteiger partial charge on any atom is -0.454 e. The van der Waals surface area contributed by atoms with E-state index in [0.29, 0.717) is 44.9 Å². The summed E-state index contributed by atoms with van der Waals surface area (Å²) in [5, 5.41) is 3.58. The van der Waals surface area contributed by atoms with Crippen molar-refractivity contribution in [2.75, 3.05) is 17.4 Å². The number of hydrogen-bond acceptors (Lipinski definition) is 5. The maximum atomic E-state index is 12.6. The first kappa shape index (κ1) is 23.2. The fourth-order valence-electron chi connectivity index (χ4n) is 3.34. The summed E-state index contributed by atoms with van der Waals surface area (Å²) < 4.78 is 36.7. The third-order valence-electron chi connectivity index (χ3n) is 5.07. The maximum Gasteiger partial charge on any atom is 0.251 e. The molecule has 1 aliphatic heterocycles. The van der Waals surface area contributed by atoms with E-state index >= 15 is 0 Å². The van der Waals surface area contributed by atoms with Crippen molar-refractivity contribution in [1.82, 2.24) is 5.32 Å². The standard InChI is InChI=1S/C23H20Cl2N2O5S/c1-33(29,30)27(13-18-19(24)3-2-4-20(18)25)17-8-6-16(7-9-17)23(28)26-12-15-5-10-21-22(11-15)32-14-31-21/h2-11H,12-14H2,1H3,(H,26,28). The molecule has 1 N–H and O–H groups in total. The summed E-state index contributed by atoms with van der Waals surface area (Å²) in [5.74, 6) is 1.03. The van der Waals surface area contributed by atoms with Crippen LogP contribution in [-0.4, -0.2) is 27.4 Å². The van der Waals surface area contributed by atoms with E-state index in [1.165, 1.54) is 4.31 Å². The predicted molar refractivity (Wildman–Crippen MR) is 128 cm³/mol. The Hall–Kier alpha value is -2.94. The molecule has 0 spiro atoms. The molecule has 0 saturated carbocycles. The smallest absolute Gasteiger partial charge is 0.251 e. The average Bonchev–Trinajstić information content (AvgIpc) is 3.24.